The molecule has 208 valence electrons. The minimum absolute atomic E-state index is 0. The van der Waals surface area contributed by atoms with Gasteiger partial charge >= 0.3 is 19.5 Å². The van der Waals surface area contributed by atoms with E-state index in [-0.39, 0.29) is 31.7 Å². The van der Waals surface area contributed by atoms with E-state index in [0.717, 1.165) is 64.2 Å². The van der Waals surface area contributed by atoms with E-state index in [0.29, 0.717) is 10.5 Å². The van der Waals surface area contributed by atoms with Crippen molar-refractivity contribution in [1.29, 1.82) is 0 Å². The maximum absolute atomic E-state index is 12.1. The zero-order valence-corrected chi connectivity index (χ0v) is 31.7. The van der Waals surface area contributed by atoms with Gasteiger partial charge in [0.05, 0.1) is 12.2 Å². The molecule has 0 amide bonds. The molecule has 35 heavy (non-hydrogen) atoms. The minimum Gasteiger partial charge on any atom is -0.793 e. The Hall–Kier alpha value is 2.46. The summed E-state index contributed by atoms with van der Waals surface area (Å²) >= 11 is 12.9. The molecule has 6 unspecified atom stereocenters. The van der Waals surface area contributed by atoms with Crippen LogP contribution in [0, 0.1) is 0 Å². The smallest absolute Gasteiger partial charge is 0.793 e. The first kappa shape index (κ1) is 41.9. The first-order valence-corrected chi connectivity index (χ1v) is 21.4. The van der Waals surface area contributed by atoms with Crippen molar-refractivity contribution in [2.24, 2.45) is 0 Å². The SMILES string of the molecule is CCCCC(C)OP([O-])(=S)SC(C)CCCC.CCCCC(C)OP([O-])(=S)SC(C)CCCC.[Zn+2]. The molecule has 0 aliphatic carbocycles. The second-order valence-corrected chi connectivity index (χ2v) is 21.8. The van der Waals surface area contributed by atoms with Crippen LogP contribution >= 0.6 is 34.2 Å². The topological polar surface area (TPSA) is 64.6 Å². The van der Waals surface area contributed by atoms with E-state index in [4.69, 9.17) is 32.7 Å². The molecule has 4 nitrogen and oxygen atoms in total. The molecule has 0 aliphatic heterocycles. The molecule has 0 saturated heterocycles. The van der Waals surface area contributed by atoms with Gasteiger partial charge in [0.15, 0.2) is 0 Å². The zero-order chi connectivity index (χ0) is 26.6. The van der Waals surface area contributed by atoms with Gasteiger partial charge in [0, 0.05) is 21.9 Å². The van der Waals surface area contributed by atoms with Crippen molar-refractivity contribution < 1.29 is 38.3 Å². The van der Waals surface area contributed by atoms with E-state index in [1.807, 2.05) is 13.8 Å². The number of hydrogen-bond acceptors (Lipinski definition) is 8. The van der Waals surface area contributed by atoms with E-state index in [9.17, 15) is 9.79 Å². The van der Waals surface area contributed by atoms with Crippen LogP contribution in [0.15, 0.2) is 0 Å². The van der Waals surface area contributed by atoms with Gasteiger partial charge in [-0.1, -0.05) is 117 Å². The molecule has 0 fully saturated rings. The van der Waals surface area contributed by atoms with Crippen LogP contribution in [0.1, 0.15) is 132 Å². The predicted molar refractivity (Wildman–Crippen MR) is 162 cm³/mol. The average molecular weight is 660 g/mol. The number of hydrogen-bond donors (Lipinski definition) is 0. The fourth-order valence-corrected chi connectivity index (χ4v) is 13.7. The standard InChI is InChI=1S/2C12H27O2PS2.Zn/c2*1-5-7-9-11(3)14-15(13,16)17-12(4)10-8-6-2;/h2*11-12H,5-10H2,1-4H3,(H,13,16);/q;;+2/p-2. The minimum atomic E-state index is -2.89. The molecular weight excluding hydrogens is 608 g/mol. The Balaban J connectivity index is -0.000000569. The molecule has 0 aromatic carbocycles. The monoisotopic (exact) mass is 658 g/mol. The fraction of sp³-hybridized carbons (Fsp3) is 1.00. The first-order valence-electron chi connectivity index (χ1n) is 13.2. The Morgan fingerprint density at radius 2 is 0.857 bits per heavy atom. The van der Waals surface area contributed by atoms with Gasteiger partial charge in [-0.25, -0.2) is 0 Å². The Morgan fingerprint density at radius 1 is 0.600 bits per heavy atom. The van der Waals surface area contributed by atoms with E-state index in [1.54, 1.807) is 0 Å². The van der Waals surface area contributed by atoms with Gasteiger partial charge < -0.3 is 18.8 Å². The van der Waals surface area contributed by atoms with Crippen molar-refractivity contribution in [1.82, 2.24) is 0 Å². The van der Waals surface area contributed by atoms with Crippen LogP contribution in [0.25, 0.3) is 0 Å². The summed E-state index contributed by atoms with van der Waals surface area (Å²) in [7, 11) is 0. The van der Waals surface area contributed by atoms with Crippen LogP contribution in [-0.2, 0) is 52.1 Å². The van der Waals surface area contributed by atoms with E-state index >= 15 is 0 Å². The molecule has 0 bridgehead atoms. The first-order chi connectivity index (χ1) is 15.8. The summed E-state index contributed by atoms with van der Waals surface area (Å²) < 4.78 is 11.0. The molecule has 0 aliphatic rings. The molecule has 0 heterocycles. The average Bonchev–Trinajstić information content (AvgIpc) is 2.72. The van der Waals surface area contributed by atoms with Crippen LogP contribution in [-0.4, -0.2) is 22.7 Å². The van der Waals surface area contributed by atoms with Crippen molar-refractivity contribution in [2.75, 3.05) is 0 Å². The molecule has 0 aromatic rings. The predicted octanol–water partition coefficient (Wildman–Crippen LogP) is 8.95. The third-order valence-corrected chi connectivity index (χ3v) is 14.3. The molecule has 0 aromatic heterocycles. The van der Waals surface area contributed by atoms with Crippen LogP contribution in [0.4, 0.5) is 0 Å². The van der Waals surface area contributed by atoms with Crippen molar-refractivity contribution in [3.05, 3.63) is 0 Å². The maximum Gasteiger partial charge on any atom is 2.00 e. The van der Waals surface area contributed by atoms with Crippen molar-refractivity contribution in [3.8, 4) is 0 Å². The van der Waals surface area contributed by atoms with E-state index < -0.39 is 11.4 Å². The molecule has 0 radical (unpaired) electrons. The molecule has 6 atom stereocenters. The van der Waals surface area contributed by atoms with Crippen molar-refractivity contribution >= 4 is 57.8 Å². The second-order valence-electron chi connectivity index (χ2n) is 9.13. The fourth-order valence-electron chi connectivity index (χ4n) is 3.11. The summed E-state index contributed by atoms with van der Waals surface area (Å²) in [5.74, 6) is 0. The molecular formula is C24H52O4P2S4Zn. The second kappa shape index (κ2) is 25.4. The summed E-state index contributed by atoms with van der Waals surface area (Å²) in [4.78, 5) is 24.2. The largest absolute Gasteiger partial charge is 2.00 e. The van der Waals surface area contributed by atoms with Crippen molar-refractivity contribution in [2.45, 2.75) is 155 Å². The molecule has 0 spiro atoms. The number of unbranched alkanes of at least 4 members (excludes halogenated alkanes) is 4. The number of rotatable bonds is 20. The Labute approximate surface area is 249 Å². The summed E-state index contributed by atoms with van der Waals surface area (Å²) in [6.07, 6.45) is 13.2. The zero-order valence-electron chi connectivity index (χ0n) is 23.7. The van der Waals surface area contributed by atoms with Gasteiger partial charge in [-0.2, -0.15) is 0 Å². The van der Waals surface area contributed by atoms with Gasteiger partial charge in [0.25, 0.3) is 0 Å². The molecule has 0 rings (SSSR count). The van der Waals surface area contributed by atoms with Crippen LogP contribution < -0.4 is 9.79 Å². The third kappa shape index (κ3) is 29.3. The van der Waals surface area contributed by atoms with Crippen LogP contribution in [0.5, 0.6) is 0 Å². The van der Waals surface area contributed by atoms with Crippen LogP contribution in [0.3, 0.4) is 0 Å². The molecule has 0 N–H and O–H groups in total. The Bertz CT molecular complexity index is 488. The van der Waals surface area contributed by atoms with E-state index in [2.05, 4.69) is 41.5 Å². The molecule has 11 heteroatoms. The van der Waals surface area contributed by atoms with Crippen LogP contribution in [0.2, 0.25) is 0 Å². The van der Waals surface area contributed by atoms with Gasteiger partial charge in [0.1, 0.15) is 0 Å². The van der Waals surface area contributed by atoms with Gasteiger partial charge in [-0.05, 0) is 39.5 Å². The van der Waals surface area contributed by atoms with Gasteiger partial charge in [-0.15, -0.1) is 22.8 Å². The quantitative estimate of drug-likeness (QED) is 0.0948. The maximum atomic E-state index is 12.1. The van der Waals surface area contributed by atoms with Gasteiger partial charge in [0.2, 0.25) is 0 Å². The third-order valence-electron chi connectivity index (χ3n) is 5.09. The summed E-state index contributed by atoms with van der Waals surface area (Å²) in [6, 6.07) is 0. The Morgan fingerprint density at radius 3 is 1.11 bits per heavy atom. The van der Waals surface area contributed by atoms with Crippen molar-refractivity contribution in [3.63, 3.8) is 0 Å². The van der Waals surface area contributed by atoms with E-state index in [1.165, 1.54) is 35.6 Å². The van der Waals surface area contributed by atoms with Gasteiger partial charge in [-0.3, -0.25) is 0 Å². The normalized spacial score (nSPS) is 18.1. The Kier molecular flexibility index (Phi) is 30.5. The summed E-state index contributed by atoms with van der Waals surface area (Å²) in [6.45, 7) is 16.7. The summed E-state index contributed by atoms with van der Waals surface area (Å²) in [5, 5.41) is 0.660. The summed E-state index contributed by atoms with van der Waals surface area (Å²) in [5.41, 5.74) is -5.77. The molecule has 0 saturated carbocycles.